The van der Waals surface area contributed by atoms with Gasteiger partial charge in [0, 0.05) is 48.2 Å². The van der Waals surface area contributed by atoms with Crippen LogP contribution >= 0.6 is 22.9 Å². The van der Waals surface area contributed by atoms with Gasteiger partial charge in [-0.2, -0.15) is 0 Å². The van der Waals surface area contributed by atoms with Crippen LogP contribution < -0.4 is 9.64 Å². The van der Waals surface area contributed by atoms with Gasteiger partial charge in [-0.15, -0.1) is 11.3 Å². The highest BCUT2D eigenvalue weighted by molar-refractivity contribution is 7.91. The number of hydrogen-bond donors (Lipinski definition) is 1. The third-order valence-corrected chi connectivity index (χ3v) is 10.5. The van der Waals surface area contributed by atoms with Gasteiger partial charge in [0.25, 0.3) is 0 Å². The number of aromatic nitrogens is 1. The summed E-state index contributed by atoms with van der Waals surface area (Å²) in [7, 11) is -2.89. The Morgan fingerprint density at radius 3 is 2.65 bits per heavy atom. The van der Waals surface area contributed by atoms with Crippen LogP contribution in [-0.4, -0.2) is 66.6 Å². The lowest BCUT2D eigenvalue weighted by atomic mass is 9.92. The fourth-order valence-corrected chi connectivity index (χ4v) is 7.77. The zero-order valence-corrected chi connectivity index (χ0v) is 25.1. The molecule has 3 aromatic rings. The van der Waals surface area contributed by atoms with Gasteiger partial charge in [-0.3, -0.25) is 9.69 Å². The molecule has 1 N–H and O–H groups in total. The summed E-state index contributed by atoms with van der Waals surface area (Å²) < 4.78 is 29.7. The van der Waals surface area contributed by atoms with E-state index in [0.29, 0.717) is 49.9 Å². The summed E-state index contributed by atoms with van der Waals surface area (Å²) in [5.74, 6) is 0.113. The lowest BCUT2D eigenvalue weighted by Gasteiger charge is -2.36. The van der Waals surface area contributed by atoms with Crippen LogP contribution in [0.4, 0.5) is 5.13 Å². The second-order valence-corrected chi connectivity index (χ2v) is 14.3. The summed E-state index contributed by atoms with van der Waals surface area (Å²) in [6, 6.07) is 11.9. The second-order valence-electron chi connectivity index (χ2n) is 10.7. The Balaban J connectivity index is 1.26. The van der Waals surface area contributed by atoms with E-state index in [4.69, 9.17) is 21.3 Å². The van der Waals surface area contributed by atoms with E-state index in [9.17, 15) is 18.3 Å². The third kappa shape index (κ3) is 6.79. The van der Waals surface area contributed by atoms with Crippen LogP contribution in [0, 0.1) is 12.8 Å². The molecule has 2 atom stereocenters. The number of rotatable bonds is 8. The first-order valence-corrected chi connectivity index (χ1v) is 16.5. The van der Waals surface area contributed by atoms with Crippen LogP contribution in [-0.2, 0) is 27.8 Å². The normalized spacial score (nSPS) is 21.3. The van der Waals surface area contributed by atoms with Crippen molar-refractivity contribution in [3.63, 3.8) is 0 Å². The molecule has 2 fully saturated rings. The number of thiazole rings is 1. The summed E-state index contributed by atoms with van der Waals surface area (Å²) >= 11 is 7.91. The van der Waals surface area contributed by atoms with Crippen molar-refractivity contribution >= 4 is 43.9 Å². The van der Waals surface area contributed by atoms with Gasteiger partial charge in [-0.05, 0) is 61.6 Å². The molecule has 11 heteroatoms. The standard InChI is InChI=1S/C29H34ClN3O5S2/c1-19-13-21(16-32-9-11-40(36,37)12-10-32)3-4-23(19)17-38-27-6-5-24(30)15-25(27)26-18-39-29(31-26)33-8-7-22(28(34)35)14-20(33)2/h3-6,13,15,18,20,22H,7-12,14,16-17H2,1-2H3,(H,34,35). The van der Waals surface area contributed by atoms with E-state index < -0.39 is 15.8 Å². The van der Waals surface area contributed by atoms with Gasteiger partial charge >= 0.3 is 5.97 Å². The van der Waals surface area contributed by atoms with Crippen molar-refractivity contribution in [1.82, 2.24) is 9.88 Å². The van der Waals surface area contributed by atoms with Gasteiger partial charge in [0.15, 0.2) is 15.0 Å². The fourth-order valence-electron chi connectivity index (χ4n) is 5.37. The minimum absolute atomic E-state index is 0.0952. The number of carbonyl (C=O) groups is 1. The van der Waals surface area contributed by atoms with Crippen molar-refractivity contribution in [2.24, 2.45) is 5.92 Å². The number of ether oxygens (including phenoxy) is 1. The number of benzene rings is 2. The van der Waals surface area contributed by atoms with E-state index in [2.05, 4.69) is 41.8 Å². The van der Waals surface area contributed by atoms with Crippen molar-refractivity contribution in [3.8, 4) is 17.0 Å². The number of carboxylic acid groups (broad SMARTS) is 1. The first-order valence-electron chi connectivity index (χ1n) is 13.5. The molecule has 5 rings (SSSR count). The van der Waals surface area contributed by atoms with Crippen LogP contribution in [0.1, 0.15) is 36.5 Å². The molecule has 2 aromatic carbocycles. The minimum atomic E-state index is -2.89. The molecular formula is C29H34ClN3O5S2. The zero-order chi connectivity index (χ0) is 28.4. The Morgan fingerprint density at radius 2 is 1.95 bits per heavy atom. The highest BCUT2D eigenvalue weighted by atomic mass is 35.5. The first-order chi connectivity index (χ1) is 19.1. The zero-order valence-electron chi connectivity index (χ0n) is 22.7. The van der Waals surface area contributed by atoms with Crippen molar-refractivity contribution in [3.05, 3.63) is 63.5 Å². The van der Waals surface area contributed by atoms with Gasteiger partial charge in [0.1, 0.15) is 12.4 Å². The highest BCUT2D eigenvalue weighted by Gasteiger charge is 2.31. The molecule has 0 amide bonds. The average molecular weight is 604 g/mol. The van der Waals surface area contributed by atoms with Crippen LogP contribution in [0.3, 0.4) is 0 Å². The van der Waals surface area contributed by atoms with Gasteiger partial charge in [0.05, 0.1) is 23.1 Å². The SMILES string of the molecule is Cc1cc(CN2CCS(=O)(=O)CC2)ccc1COc1ccc(Cl)cc1-c1csc(N2CCC(C(=O)O)CC2C)n1. The fraction of sp³-hybridized carbons (Fsp3) is 0.448. The second kappa shape index (κ2) is 12.1. The Kier molecular flexibility index (Phi) is 8.70. The molecule has 8 nitrogen and oxygen atoms in total. The molecule has 0 radical (unpaired) electrons. The van der Waals surface area contributed by atoms with Gasteiger partial charge in [0.2, 0.25) is 0 Å². The van der Waals surface area contributed by atoms with Crippen molar-refractivity contribution < 1.29 is 23.1 Å². The largest absolute Gasteiger partial charge is 0.488 e. The predicted molar refractivity (Wildman–Crippen MR) is 159 cm³/mol. The predicted octanol–water partition coefficient (Wildman–Crippen LogP) is 5.27. The Bertz CT molecular complexity index is 1480. The number of sulfone groups is 1. The Labute approximate surface area is 244 Å². The summed E-state index contributed by atoms with van der Waals surface area (Å²) in [5.41, 5.74) is 4.94. The molecule has 2 aliphatic rings. The monoisotopic (exact) mass is 603 g/mol. The van der Waals surface area contributed by atoms with Crippen molar-refractivity contribution in [2.45, 2.75) is 45.9 Å². The van der Waals surface area contributed by atoms with Crippen molar-refractivity contribution in [1.29, 1.82) is 0 Å². The molecular weight excluding hydrogens is 570 g/mol. The molecule has 40 heavy (non-hydrogen) atoms. The topological polar surface area (TPSA) is 100 Å². The molecule has 0 bridgehead atoms. The maximum absolute atomic E-state index is 11.7. The van der Waals surface area contributed by atoms with Crippen LogP contribution in [0.2, 0.25) is 5.02 Å². The molecule has 3 heterocycles. The van der Waals surface area contributed by atoms with E-state index in [1.807, 2.05) is 17.5 Å². The molecule has 2 aliphatic heterocycles. The summed E-state index contributed by atoms with van der Waals surface area (Å²) in [4.78, 5) is 20.7. The lowest BCUT2D eigenvalue weighted by Crippen LogP contribution is -2.42. The Hall–Kier alpha value is -2.66. The third-order valence-electron chi connectivity index (χ3n) is 7.81. The first kappa shape index (κ1) is 28.9. The van der Waals surface area contributed by atoms with E-state index in [0.717, 1.165) is 39.6 Å². The van der Waals surface area contributed by atoms with E-state index >= 15 is 0 Å². The Morgan fingerprint density at radius 1 is 1.18 bits per heavy atom. The average Bonchev–Trinajstić information content (AvgIpc) is 3.40. The highest BCUT2D eigenvalue weighted by Crippen LogP contribution is 2.38. The number of hydrogen-bond acceptors (Lipinski definition) is 8. The number of carboxylic acids is 1. The van der Waals surface area contributed by atoms with Crippen LogP contribution in [0.25, 0.3) is 11.3 Å². The maximum Gasteiger partial charge on any atom is 0.306 e. The molecule has 0 saturated carbocycles. The lowest BCUT2D eigenvalue weighted by molar-refractivity contribution is -0.142. The van der Waals surface area contributed by atoms with Crippen molar-refractivity contribution in [2.75, 3.05) is 36.0 Å². The molecule has 214 valence electrons. The van der Waals surface area contributed by atoms with E-state index in [1.54, 1.807) is 17.4 Å². The van der Waals surface area contributed by atoms with Gasteiger partial charge in [-0.25, -0.2) is 13.4 Å². The van der Waals surface area contributed by atoms with Crippen LogP contribution in [0.5, 0.6) is 5.75 Å². The van der Waals surface area contributed by atoms with Gasteiger partial charge in [-0.1, -0.05) is 29.8 Å². The summed E-state index contributed by atoms with van der Waals surface area (Å²) in [6.07, 6.45) is 1.21. The maximum atomic E-state index is 11.7. The summed E-state index contributed by atoms with van der Waals surface area (Å²) in [6.45, 7) is 7.04. The number of anilines is 1. The summed E-state index contributed by atoms with van der Waals surface area (Å²) in [5, 5.41) is 12.9. The van der Waals surface area contributed by atoms with Crippen LogP contribution in [0.15, 0.2) is 41.8 Å². The number of halogens is 1. The molecule has 0 aliphatic carbocycles. The number of piperidine rings is 1. The number of aryl methyl sites for hydroxylation is 1. The molecule has 2 unspecified atom stereocenters. The van der Waals surface area contributed by atoms with E-state index in [1.165, 1.54) is 0 Å². The number of nitrogens with zero attached hydrogens (tertiary/aromatic N) is 3. The molecule has 2 saturated heterocycles. The van der Waals surface area contributed by atoms with E-state index in [-0.39, 0.29) is 23.5 Å². The van der Waals surface area contributed by atoms with Gasteiger partial charge < -0.3 is 14.7 Å². The number of aliphatic carboxylic acids is 1. The quantitative estimate of drug-likeness (QED) is 0.372. The molecule has 1 aromatic heterocycles. The smallest absolute Gasteiger partial charge is 0.306 e. The minimum Gasteiger partial charge on any atom is -0.488 e. The molecule has 0 spiro atoms.